The molecule has 12 nitrogen and oxygen atoms in total. The van der Waals surface area contributed by atoms with Crippen LogP contribution < -0.4 is 4.74 Å². The predicted octanol–water partition coefficient (Wildman–Crippen LogP) is 4.69. The average Bonchev–Trinajstić information content (AvgIpc) is 2.99. The monoisotopic (exact) mass is 453 g/mol. The Hall–Kier alpha value is -3.77. The molecule has 0 aliphatic rings. The van der Waals surface area contributed by atoms with Crippen molar-refractivity contribution in [1.82, 2.24) is 4.98 Å². The topological polar surface area (TPSA) is 173 Å². The fourth-order valence-corrected chi connectivity index (χ4v) is 2.92. The number of fused-ring (bicyclic) bond motifs is 1. The van der Waals surface area contributed by atoms with Crippen LogP contribution in [0.25, 0.3) is 10.9 Å². The first-order chi connectivity index (χ1) is 14.2. The highest BCUT2D eigenvalue weighted by Crippen LogP contribution is 2.41. The first-order valence-electron chi connectivity index (χ1n) is 7.87. The van der Waals surface area contributed by atoms with Crippen molar-refractivity contribution in [3.05, 3.63) is 60.6 Å². The maximum atomic E-state index is 11.9. The maximum absolute atomic E-state index is 11.9. The van der Waals surface area contributed by atoms with Crippen molar-refractivity contribution in [1.29, 1.82) is 0 Å². The molecule has 0 radical (unpaired) electrons. The van der Waals surface area contributed by atoms with Crippen LogP contribution in [0.15, 0.2) is 40.6 Å². The molecule has 2 N–H and O–H groups in total. The Morgan fingerprint density at radius 1 is 1.17 bits per heavy atom. The van der Waals surface area contributed by atoms with Crippen molar-refractivity contribution in [2.24, 2.45) is 10.2 Å². The van der Waals surface area contributed by atoms with Gasteiger partial charge in [-0.3, -0.25) is 25.0 Å². The number of nitrogens with zero attached hydrogens (tertiary/aromatic N) is 4. The molecule has 0 unspecified atom stereocenters. The molecule has 0 atom stereocenters. The number of non-ortho nitro benzene ring substituents is 2. The van der Waals surface area contributed by atoms with Crippen molar-refractivity contribution in [2.75, 3.05) is 6.61 Å². The van der Waals surface area contributed by atoms with Gasteiger partial charge in [-0.05, 0) is 18.2 Å². The van der Waals surface area contributed by atoms with E-state index in [4.69, 9.17) is 27.9 Å². The van der Waals surface area contributed by atoms with Gasteiger partial charge >= 0.3 is 5.91 Å². The number of halogens is 2. The van der Waals surface area contributed by atoms with E-state index in [2.05, 4.69) is 15.2 Å². The Morgan fingerprint density at radius 2 is 1.90 bits per heavy atom. The molecule has 1 amide bonds. The summed E-state index contributed by atoms with van der Waals surface area (Å²) in [4.78, 5) is 34.7. The average molecular weight is 454 g/mol. The molecule has 1 heterocycles. The number of aromatic amines is 1. The SMILES string of the molecule is O=C(COc1ccc(Cl)cc1Cl)N=Nc1c(O)[nH]c2c([N+](=O)[O-])cc([N+](=O)[O-])cc12. The Kier molecular flexibility index (Phi) is 5.80. The molecule has 3 rings (SSSR count). The smallest absolute Gasteiger partial charge is 0.302 e. The molecule has 1 aromatic heterocycles. The summed E-state index contributed by atoms with van der Waals surface area (Å²) in [5, 5.41) is 39.5. The van der Waals surface area contributed by atoms with Gasteiger partial charge in [-0.25, -0.2) is 0 Å². The van der Waals surface area contributed by atoms with Gasteiger partial charge in [0.05, 0.1) is 20.9 Å². The summed E-state index contributed by atoms with van der Waals surface area (Å²) in [5.74, 6) is -1.37. The summed E-state index contributed by atoms with van der Waals surface area (Å²) in [5.41, 5.74) is -1.84. The van der Waals surface area contributed by atoms with E-state index in [0.29, 0.717) is 5.02 Å². The number of hydrogen-bond acceptors (Lipinski definition) is 8. The third-order valence-corrected chi connectivity index (χ3v) is 4.27. The lowest BCUT2D eigenvalue weighted by Crippen LogP contribution is -2.08. The van der Waals surface area contributed by atoms with Gasteiger partial charge in [-0.15, -0.1) is 10.2 Å². The lowest BCUT2D eigenvalue weighted by molar-refractivity contribution is -0.393. The molecule has 2 aromatic carbocycles. The van der Waals surface area contributed by atoms with Crippen molar-refractivity contribution in [3.63, 3.8) is 0 Å². The number of H-pyrrole nitrogens is 1. The second-order valence-corrected chi connectivity index (χ2v) is 6.52. The highest BCUT2D eigenvalue weighted by atomic mass is 35.5. The van der Waals surface area contributed by atoms with Crippen LogP contribution in [0.3, 0.4) is 0 Å². The van der Waals surface area contributed by atoms with E-state index >= 15 is 0 Å². The number of azo groups is 1. The van der Waals surface area contributed by atoms with E-state index in [-0.39, 0.29) is 27.4 Å². The number of rotatable bonds is 6. The van der Waals surface area contributed by atoms with Crippen LogP contribution in [0.4, 0.5) is 17.1 Å². The van der Waals surface area contributed by atoms with Gasteiger partial charge in [-0.1, -0.05) is 23.2 Å². The highest BCUT2D eigenvalue weighted by molar-refractivity contribution is 6.35. The van der Waals surface area contributed by atoms with Gasteiger partial charge < -0.3 is 14.8 Å². The second-order valence-electron chi connectivity index (χ2n) is 5.68. The largest absolute Gasteiger partial charge is 0.493 e. The molecule has 30 heavy (non-hydrogen) atoms. The lowest BCUT2D eigenvalue weighted by Gasteiger charge is -2.05. The predicted molar refractivity (Wildman–Crippen MR) is 105 cm³/mol. The van der Waals surface area contributed by atoms with Crippen molar-refractivity contribution < 1.29 is 24.5 Å². The van der Waals surface area contributed by atoms with Crippen LogP contribution in [0.1, 0.15) is 0 Å². The summed E-state index contributed by atoms with van der Waals surface area (Å²) in [6.07, 6.45) is 0. The minimum atomic E-state index is -0.880. The quantitative estimate of drug-likeness (QED) is 0.309. The number of ether oxygens (including phenoxy) is 1. The lowest BCUT2D eigenvalue weighted by atomic mass is 10.2. The summed E-state index contributed by atoms with van der Waals surface area (Å²) in [7, 11) is 0. The van der Waals surface area contributed by atoms with E-state index in [1.54, 1.807) is 0 Å². The zero-order chi connectivity index (χ0) is 22.0. The van der Waals surface area contributed by atoms with Gasteiger partial charge in [0.15, 0.2) is 12.3 Å². The first-order valence-corrected chi connectivity index (χ1v) is 8.63. The first kappa shape index (κ1) is 21.0. The number of benzene rings is 2. The number of carbonyl (C=O) groups is 1. The number of hydrogen-bond donors (Lipinski definition) is 2. The summed E-state index contributed by atoms with van der Waals surface area (Å²) >= 11 is 11.7. The van der Waals surface area contributed by atoms with Gasteiger partial charge in [-0.2, -0.15) is 0 Å². The van der Waals surface area contributed by atoms with Crippen LogP contribution in [0.5, 0.6) is 11.6 Å². The standard InChI is InChI=1S/C16H9Cl2N5O7/c17-7-1-2-12(10(18)3-7)30-6-13(24)20-21-15-9-4-8(22(26)27)5-11(23(28)29)14(9)19-16(15)25/h1-5,19,25H,6H2. The van der Waals surface area contributed by atoms with Crippen molar-refractivity contribution in [3.8, 4) is 11.6 Å². The van der Waals surface area contributed by atoms with Crippen LogP contribution in [-0.2, 0) is 4.79 Å². The Balaban J connectivity index is 1.88. The molecule has 0 bridgehead atoms. The Labute approximate surface area is 176 Å². The van der Waals surface area contributed by atoms with Gasteiger partial charge in [0.1, 0.15) is 11.3 Å². The Bertz CT molecular complexity index is 1220. The van der Waals surface area contributed by atoms with Crippen LogP contribution in [0, 0.1) is 20.2 Å². The number of aromatic hydroxyl groups is 1. The zero-order valence-corrected chi connectivity index (χ0v) is 16.0. The number of aromatic nitrogens is 1. The van der Waals surface area contributed by atoms with Gasteiger partial charge in [0.2, 0.25) is 5.88 Å². The molecular formula is C16H9Cl2N5O7. The van der Waals surface area contributed by atoms with Crippen molar-refractivity contribution >= 4 is 57.1 Å². The van der Waals surface area contributed by atoms with E-state index in [1.807, 2.05) is 0 Å². The van der Waals surface area contributed by atoms with E-state index < -0.39 is 39.6 Å². The van der Waals surface area contributed by atoms with Gasteiger partial charge in [0, 0.05) is 16.5 Å². The summed E-state index contributed by atoms with van der Waals surface area (Å²) in [6.45, 7) is -0.561. The molecule has 0 saturated carbocycles. The highest BCUT2D eigenvalue weighted by Gasteiger charge is 2.25. The van der Waals surface area contributed by atoms with Crippen LogP contribution in [0.2, 0.25) is 10.0 Å². The molecular weight excluding hydrogens is 445 g/mol. The number of nitro benzene ring substituents is 2. The van der Waals surface area contributed by atoms with E-state index in [0.717, 1.165) is 12.1 Å². The molecule has 3 aromatic rings. The number of amides is 1. The summed E-state index contributed by atoms with van der Waals surface area (Å²) in [6, 6.07) is 6.04. The molecule has 0 saturated heterocycles. The third-order valence-electron chi connectivity index (χ3n) is 3.74. The number of carbonyl (C=O) groups excluding carboxylic acids is 1. The van der Waals surface area contributed by atoms with Crippen LogP contribution >= 0.6 is 23.2 Å². The zero-order valence-electron chi connectivity index (χ0n) is 14.5. The van der Waals surface area contributed by atoms with Crippen molar-refractivity contribution in [2.45, 2.75) is 0 Å². The number of nitrogens with one attached hydrogen (secondary N) is 1. The minimum absolute atomic E-state index is 0.161. The molecule has 14 heteroatoms. The normalized spacial score (nSPS) is 11.1. The fourth-order valence-electron chi connectivity index (χ4n) is 2.45. The maximum Gasteiger partial charge on any atom is 0.302 e. The molecule has 154 valence electrons. The van der Waals surface area contributed by atoms with E-state index in [9.17, 15) is 30.1 Å². The van der Waals surface area contributed by atoms with Gasteiger partial charge in [0.25, 0.3) is 11.4 Å². The summed E-state index contributed by atoms with van der Waals surface area (Å²) < 4.78 is 5.20. The minimum Gasteiger partial charge on any atom is -0.493 e. The van der Waals surface area contributed by atoms with Crippen LogP contribution in [-0.4, -0.2) is 32.5 Å². The Morgan fingerprint density at radius 3 is 2.53 bits per heavy atom. The second kappa shape index (κ2) is 8.31. The molecule has 0 fully saturated rings. The van der Waals surface area contributed by atoms with E-state index in [1.165, 1.54) is 18.2 Å². The number of nitro groups is 2. The third kappa shape index (κ3) is 4.29. The fraction of sp³-hybridized carbons (Fsp3) is 0.0625. The molecule has 0 aliphatic heterocycles. The molecule has 0 spiro atoms. The molecule has 0 aliphatic carbocycles.